The molecule has 22 heavy (non-hydrogen) atoms. The molecule has 2 saturated heterocycles. The molecular weight excluding hydrogens is 270 g/mol. The van der Waals surface area contributed by atoms with Gasteiger partial charge in [0.25, 0.3) is 0 Å². The summed E-state index contributed by atoms with van der Waals surface area (Å²) >= 11 is 0. The van der Waals surface area contributed by atoms with Crippen LogP contribution in [0.25, 0.3) is 0 Å². The van der Waals surface area contributed by atoms with E-state index < -0.39 is 0 Å². The average molecular weight is 310 g/mol. The first-order valence-corrected chi connectivity index (χ1v) is 9.53. The number of nitrogens with one attached hydrogen (secondary N) is 2. The van der Waals surface area contributed by atoms with E-state index in [0.29, 0.717) is 5.54 Å². The predicted octanol–water partition coefficient (Wildman–Crippen LogP) is 3.89. The lowest BCUT2D eigenvalue weighted by atomic mass is 9.71. The predicted molar refractivity (Wildman–Crippen MR) is 96.2 cm³/mol. The summed E-state index contributed by atoms with van der Waals surface area (Å²) < 4.78 is 0. The minimum atomic E-state index is 0.227. The molecule has 0 aromatic rings. The third kappa shape index (κ3) is 5.21. The fraction of sp³-hybridized carbons (Fsp3) is 1.00. The quantitative estimate of drug-likeness (QED) is 0.699. The molecule has 0 amide bonds. The Bertz CT molecular complexity index is 333. The Balaban J connectivity index is 1.76. The number of unbranched alkanes of at least 4 members (excludes halogenated alkanes) is 5. The van der Waals surface area contributed by atoms with Crippen LogP contribution < -0.4 is 10.6 Å². The molecule has 1 spiro atoms. The molecule has 130 valence electrons. The Morgan fingerprint density at radius 1 is 0.864 bits per heavy atom. The van der Waals surface area contributed by atoms with Gasteiger partial charge < -0.3 is 5.32 Å². The van der Waals surface area contributed by atoms with Gasteiger partial charge in [0, 0.05) is 29.8 Å². The fourth-order valence-corrected chi connectivity index (χ4v) is 5.09. The van der Waals surface area contributed by atoms with Crippen LogP contribution >= 0.6 is 0 Å². The Morgan fingerprint density at radius 3 is 2.09 bits per heavy atom. The maximum atomic E-state index is 3.88. The van der Waals surface area contributed by atoms with E-state index in [1.54, 1.807) is 0 Å². The first-order valence-electron chi connectivity index (χ1n) is 9.53. The molecule has 0 aliphatic carbocycles. The number of nitrogens with zero attached hydrogens (tertiary/aromatic N) is 1. The second kappa shape index (κ2) is 7.19. The third-order valence-corrected chi connectivity index (χ3v) is 5.27. The molecule has 3 nitrogen and oxygen atoms in total. The van der Waals surface area contributed by atoms with Crippen molar-refractivity contribution >= 4 is 0 Å². The number of rotatable bonds is 7. The smallest absolute Gasteiger partial charge is 0.0485 e. The minimum absolute atomic E-state index is 0.227. The Hall–Kier alpha value is -0.120. The summed E-state index contributed by atoms with van der Waals surface area (Å²) in [4.78, 5) is 2.65. The third-order valence-electron chi connectivity index (χ3n) is 5.27. The number of piperidine rings is 1. The Morgan fingerprint density at radius 2 is 1.45 bits per heavy atom. The molecule has 2 fully saturated rings. The molecule has 0 atom stereocenters. The van der Waals surface area contributed by atoms with Gasteiger partial charge in [-0.1, -0.05) is 39.0 Å². The normalized spacial score (nSPS) is 26.6. The van der Waals surface area contributed by atoms with Crippen LogP contribution in [0.15, 0.2) is 0 Å². The summed E-state index contributed by atoms with van der Waals surface area (Å²) in [5, 5.41) is 7.69. The fourth-order valence-electron chi connectivity index (χ4n) is 5.09. The lowest BCUT2D eigenvalue weighted by Crippen LogP contribution is -2.67. The second-order valence-corrected chi connectivity index (χ2v) is 9.18. The molecule has 0 aromatic carbocycles. The van der Waals surface area contributed by atoms with Gasteiger partial charge >= 0.3 is 0 Å². The van der Waals surface area contributed by atoms with Crippen molar-refractivity contribution in [2.24, 2.45) is 0 Å². The van der Waals surface area contributed by atoms with Crippen molar-refractivity contribution in [3.05, 3.63) is 0 Å². The summed E-state index contributed by atoms with van der Waals surface area (Å²) in [6, 6.07) is 0. The molecule has 2 N–H and O–H groups in total. The van der Waals surface area contributed by atoms with Gasteiger partial charge in [0.15, 0.2) is 0 Å². The van der Waals surface area contributed by atoms with Crippen molar-refractivity contribution in [1.82, 2.24) is 15.5 Å². The van der Waals surface area contributed by atoms with E-state index >= 15 is 0 Å². The monoisotopic (exact) mass is 309 g/mol. The van der Waals surface area contributed by atoms with Crippen molar-refractivity contribution < 1.29 is 0 Å². The van der Waals surface area contributed by atoms with Gasteiger partial charge in [-0.15, -0.1) is 0 Å². The van der Waals surface area contributed by atoms with Crippen LogP contribution in [-0.4, -0.2) is 41.3 Å². The second-order valence-electron chi connectivity index (χ2n) is 9.18. The number of hydrogen-bond donors (Lipinski definition) is 2. The van der Waals surface area contributed by atoms with Crippen molar-refractivity contribution in [2.45, 2.75) is 103 Å². The maximum Gasteiger partial charge on any atom is 0.0485 e. The zero-order valence-corrected chi connectivity index (χ0v) is 15.7. The van der Waals surface area contributed by atoms with Gasteiger partial charge in [-0.2, -0.15) is 0 Å². The molecule has 2 rings (SSSR count). The topological polar surface area (TPSA) is 27.3 Å². The zero-order chi connectivity index (χ0) is 16.3. The van der Waals surface area contributed by atoms with Crippen LogP contribution in [0.4, 0.5) is 0 Å². The van der Waals surface area contributed by atoms with Crippen LogP contribution in [0.1, 0.15) is 86.0 Å². The molecule has 0 bridgehead atoms. The molecule has 2 aliphatic heterocycles. The highest BCUT2D eigenvalue weighted by molar-refractivity contribution is 5.11. The zero-order valence-electron chi connectivity index (χ0n) is 15.7. The van der Waals surface area contributed by atoms with Gasteiger partial charge in [0.05, 0.1) is 0 Å². The van der Waals surface area contributed by atoms with Crippen molar-refractivity contribution in [3.63, 3.8) is 0 Å². The Labute approximate surface area is 138 Å². The molecule has 0 radical (unpaired) electrons. The number of hydrogen-bond acceptors (Lipinski definition) is 3. The van der Waals surface area contributed by atoms with Gasteiger partial charge in [0.2, 0.25) is 0 Å². The molecule has 2 aliphatic rings. The van der Waals surface area contributed by atoms with Gasteiger partial charge in [-0.25, -0.2) is 0 Å². The standard InChI is InChI=1S/C19H39N3/c1-6-7-8-9-10-11-12-22-15-19(20-16-22)13-17(2,3)21-18(4,5)14-19/h20-21H,6-16H2,1-5H3. The van der Waals surface area contributed by atoms with E-state index in [4.69, 9.17) is 0 Å². The van der Waals surface area contributed by atoms with Crippen LogP contribution in [0, 0.1) is 0 Å². The van der Waals surface area contributed by atoms with Crippen LogP contribution in [0.5, 0.6) is 0 Å². The first kappa shape index (κ1) is 18.2. The van der Waals surface area contributed by atoms with Crippen molar-refractivity contribution in [1.29, 1.82) is 0 Å². The highest BCUT2D eigenvalue weighted by Crippen LogP contribution is 2.38. The summed E-state index contributed by atoms with van der Waals surface area (Å²) in [5.41, 5.74) is 0.774. The van der Waals surface area contributed by atoms with Crippen molar-refractivity contribution in [3.8, 4) is 0 Å². The minimum Gasteiger partial charge on any atom is -0.307 e. The van der Waals surface area contributed by atoms with Crippen LogP contribution in [-0.2, 0) is 0 Å². The van der Waals surface area contributed by atoms with E-state index in [9.17, 15) is 0 Å². The summed E-state index contributed by atoms with van der Waals surface area (Å²) in [7, 11) is 0. The molecule has 0 saturated carbocycles. The molecule has 0 aromatic heterocycles. The molecule has 2 heterocycles. The lowest BCUT2D eigenvalue weighted by Gasteiger charge is -2.51. The van der Waals surface area contributed by atoms with Crippen LogP contribution in [0.2, 0.25) is 0 Å². The SMILES string of the molecule is CCCCCCCCN1CNC2(C1)CC(C)(C)NC(C)(C)C2. The van der Waals surface area contributed by atoms with Crippen LogP contribution in [0.3, 0.4) is 0 Å². The first-order chi connectivity index (χ1) is 10.3. The van der Waals surface area contributed by atoms with E-state index in [1.165, 1.54) is 64.5 Å². The van der Waals surface area contributed by atoms with Gasteiger partial charge in [-0.05, 0) is 53.5 Å². The highest BCUT2D eigenvalue weighted by atomic mass is 15.3. The maximum absolute atomic E-state index is 3.88. The van der Waals surface area contributed by atoms with E-state index in [0.717, 1.165) is 6.67 Å². The summed E-state index contributed by atoms with van der Waals surface area (Å²) in [6.45, 7) is 15.3. The average Bonchev–Trinajstić information content (AvgIpc) is 2.71. The van der Waals surface area contributed by atoms with E-state index in [-0.39, 0.29) is 11.1 Å². The molecule has 0 unspecified atom stereocenters. The van der Waals surface area contributed by atoms with Crippen molar-refractivity contribution in [2.75, 3.05) is 19.8 Å². The van der Waals surface area contributed by atoms with Gasteiger partial charge in [0.1, 0.15) is 0 Å². The van der Waals surface area contributed by atoms with E-state index in [2.05, 4.69) is 50.2 Å². The Kier molecular flexibility index (Phi) is 5.95. The molecule has 3 heteroatoms. The largest absolute Gasteiger partial charge is 0.307 e. The lowest BCUT2D eigenvalue weighted by molar-refractivity contribution is 0.0939. The summed E-state index contributed by atoms with van der Waals surface area (Å²) in [6.07, 6.45) is 10.8. The summed E-state index contributed by atoms with van der Waals surface area (Å²) in [5.74, 6) is 0. The van der Waals surface area contributed by atoms with E-state index in [1.807, 2.05) is 0 Å². The molecular formula is C19H39N3. The van der Waals surface area contributed by atoms with Gasteiger partial charge in [-0.3, -0.25) is 10.2 Å². The highest BCUT2D eigenvalue weighted by Gasteiger charge is 2.49.